The van der Waals surface area contributed by atoms with Gasteiger partial charge in [-0.3, -0.25) is 0 Å². The normalized spacial score (nSPS) is 10.3. The number of hydrogen-bond acceptors (Lipinski definition) is 3. The maximum atomic E-state index is 10.3. The highest BCUT2D eigenvalue weighted by molar-refractivity contribution is 14.1. The van der Waals surface area contributed by atoms with E-state index in [1.807, 2.05) is 0 Å². The van der Waals surface area contributed by atoms with Gasteiger partial charge in [0.15, 0.2) is 23.0 Å². The van der Waals surface area contributed by atoms with Crippen LogP contribution in [-0.2, 0) is 4.79 Å². The number of benzene rings is 1. The molecule has 0 amide bonds. The summed E-state index contributed by atoms with van der Waals surface area (Å²) in [5.74, 6) is 0.229. The maximum Gasteiger partial charge on any atom is 0.328 e. The number of ether oxygens (including phenoxy) is 1. The largest absolute Gasteiger partial charge is 0.497 e. The number of hydrogen-bond donors (Lipinski definition) is 1. The van der Waals surface area contributed by atoms with Gasteiger partial charge in [0.25, 0.3) is 0 Å². The number of halogens is 1. The van der Waals surface area contributed by atoms with Gasteiger partial charge in [-0.1, -0.05) is 0 Å². The predicted molar refractivity (Wildman–Crippen MR) is 64.3 cm³/mol. The lowest BCUT2D eigenvalue weighted by Gasteiger charge is -2.05. The van der Waals surface area contributed by atoms with Crippen LogP contribution in [0.1, 0.15) is 5.56 Å². The number of rotatable bonds is 4. The Morgan fingerprint density at radius 2 is 2.27 bits per heavy atom. The molecule has 1 N–H and O–H groups in total. The van der Waals surface area contributed by atoms with Crippen molar-refractivity contribution < 1.29 is 17.7 Å². The first kappa shape index (κ1) is 11.8. The standard InChI is InChI=1S/C10H9IO4/c1-14-8-4-2-7(3-5-10(12)13)9(6-8)15-11/h2-6H,1H3,(H,12,13)/b5-3+. The van der Waals surface area contributed by atoms with Crippen LogP contribution in [0, 0.1) is 0 Å². The Kier molecular flexibility index (Phi) is 4.41. The number of aliphatic carboxylic acids is 1. The van der Waals surface area contributed by atoms with Gasteiger partial charge >= 0.3 is 5.97 Å². The average molecular weight is 320 g/mol. The molecule has 0 aromatic heterocycles. The van der Waals surface area contributed by atoms with E-state index in [9.17, 15) is 4.79 Å². The smallest absolute Gasteiger partial charge is 0.328 e. The molecule has 80 valence electrons. The Bertz CT molecular complexity index is 387. The molecule has 0 saturated heterocycles. The van der Waals surface area contributed by atoms with Crippen molar-refractivity contribution in [3.05, 3.63) is 29.8 Å². The van der Waals surface area contributed by atoms with Crippen LogP contribution in [0.15, 0.2) is 24.3 Å². The molecule has 1 aromatic rings. The Hall–Kier alpha value is -1.24. The highest BCUT2D eigenvalue weighted by Gasteiger charge is 2.02. The molecule has 5 heteroatoms. The topological polar surface area (TPSA) is 55.8 Å². The Balaban J connectivity index is 3.02. The van der Waals surface area contributed by atoms with Crippen molar-refractivity contribution in [1.82, 2.24) is 0 Å². The lowest BCUT2D eigenvalue weighted by Crippen LogP contribution is -1.88. The van der Waals surface area contributed by atoms with E-state index < -0.39 is 5.97 Å². The predicted octanol–water partition coefficient (Wildman–Crippen LogP) is 2.52. The molecule has 0 spiro atoms. The fourth-order valence-electron chi connectivity index (χ4n) is 1.01. The van der Waals surface area contributed by atoms with E-state index in [2.05, 4.69) is 0 Å². The van der Waals surface area contributed by atoms with Crippen molar-refractivity contribution in [3.63, 3.8) is 0 Å². The number of carboxylic acid groups (broad SMARTS) is 1. The van der Waals surface area contributed by atoms with Gasteiger partial charge in [0.1, 0.15) is 11.5 Å². The van der Waals surface area contributed by atoms with Crippen LogP contribution in [0.3, 0.4) is 0 Å². The molecular formula is C10H9IO4. The van der Waals surface area contributed by atoms with Crippen LogP contribution in [0.2, 0.25) is 0 Å². The van der Waals surface area contributed by atoms with Crippen molar-refractivity contribution in [2.75, 3.05) is 7.11 Å². The zero-order chi connectivity index (χ0) is 11.3. The Morgan fingerprint density at radius 3 is 2.80 bits per heavy atom. The van der Waals surface area contributed by atoms with Crippen molar-refractivity contribution in [3.8, 4) is 11.5 Å². The molecule has 0 saturated carbocycles. The lowest BCUT2D eigenvalue weighted by atomic mass is 10.2. The first-order valence-corrected chi connectivity index (χ1v) is 4.93. The van der Waals surface area contributed by atoms with Crippen LogP contribution in [0.25, 0.3) is 6.08 Å². The highest BCUT2D eigenvalue weighted by Crippen LogP contribution is 2.27. The van der Waals surface area contributed by atoms with Crippen molar-refractivity contribution in [2.45, 2.75) is 0 Å². The fraction of sp³-hybridized carbons (Fsp3) is 0.100. The first-order valence-electron chi connectivity index (χ1n) is 4.05. The maximum absolute atomic E-state index is 10.3. The van der Waals surface area contributed by atoms with Gasteiger partial charge in [0, 0.05) is 17.7 Å². The van der Waals surface area contributed by atoms with E-state index in [4.69, 9.17) is 12.9 Å². The summed E-state index contributed by atoms with van der Waals surface area (Å²) in [6.45, 7) is 0. The zero-order valence-corrected chi connectivity index (χ0v) is 10.1. The first-order chi connectivity index (χ1) is 7.17. The average Bonchev–Trinajstić information content (AvgIpc) is 2.25. The summed E-state index contributed by atoms with van der Waals surface area (Å²) in [4.78, 5) is 10.3. The number of methoxy groups -OCH3 is 1. The number of carboxylic acids is 1. The SMILES string of the molecule is COc1ccc(/C=C/C(=O)O)c(OI)c1. The van der Waals surface area contributed by atoms with Crippen molar-refractivity contribution >= 4 is 35.1 Å². The second kappa shape index (κ2) is 5.59. The molecule has 0 atom stereocenters. The van der Waals surface area contributed by atoms with Gasteiger partial charge in [0.2, 0.25) is 0 Å². The van der Waals surface area contributed by atoms with Crippen LogP contribution in [0.4, 0.5) is 0 Å². The Morgan fingerprint density at radius 1 is 1.53 bits per heavy atom. The molecule has 0 aliphatic rings. The molecule has 0 fully saturated rings. The van der Waals surface area contributed by atoms with Gasteiger partial charge in [-0.15, -0.1) is 0 Å². The third-order valence-corrected chi connectivity index (χ3v) is 2.18. The van der Waals surface area contributed by atoms with Gasteiger partial charge in [-0.2, -0.15) is 0 Å². The quantitative estimate of drug-likeness (QED) is 0.684. The van der Waals surface area contributed by atoms with E-state index >= 15 is 0 Å². The van der Waals surface area contributed by atoms with Gasteiger partial charge in [0.05, 0.1) is 7.11 Å². The highest BCUT2D eigenvalue weighted by atomic mass is 127. The van der Waals surface area contributed by atoms with E-state index in [1.54, 1.807) is 48.3 Å². The van der Waals surface area contributed by atoms with Gasteiger partial charge in [-0.25, -0.2) is 4.79 Å². The van der Waals surface area contributed by atoms with Crippen LogP contribution in [0.5, 0.6) is 11.5 Å². The summed E-state index contributed by atoms with van der Waals surface area (Å²) in [6.07, 6.45) is 2.52. The Labute approximate surface area is 101 Å². The summed E-state index contributed by atoms with van der Waals surface area (Å²) >= 11 is 1.73. The third kappa shape index (κ3) is 3.43. The van der Waals surface area contributed by atoms with E-state index in [0.717, 1.165) is 6.08 Å². The van der Waals surface area contributed by atoms with Crippen molar-refractivity contribution in [1.29, 1.82) is 0 Å². The molecule has 0 aliphatic heterocycles. The second-order valence-corrected chi connectivity index (χ2v) is 3.09. The third-order valence-electron chi connectivity index (χ3n) is 1.71. The summed E-state index contributed by atoms with van der Waals surface area (Å²) < 4.78 is 10.1. The second-order valence-electron chi connectivity index (χ2n) is 2.65. The fourth-order valence-corrected chi connectivity index (χ4v) is 1.39. The molecule has 0 radical (unpaired) electrons. The summed E-state index contributed by atoms with van der Waals surface area (Å²) in [5.41, 5.74) is 0.688. The van der Waals surface area contributed by atoms with Gasteiger partial charge < -0.3 is 12.9 Å². The van der Waals surface area contributed by atoms with Crippen LogP contribution >= 0.6 is 23.0 Å². The van der Waals surface area contributed by atoms with E-state index in [1.165, 1.54) is 6.08 Å². The molecular weight excluding hydrogens is 311 g/mol. The monoisotopic (exact) mass is 320 g/mol. The molecule has 0 heterocycles. The molecule has 15 heavy (non-hydrogen) atoms. The molecule has 1 rings (SSSR count). The minimum absolute atomic E-state index is 0.562. The van der Waals surface area contributed by atoms with Crippen LogP contribution in [-0.4, -0.2) is 18.2 Å². The minimum Gasteiger partial charge on any atom is -0.497 e. The molecule has 0 aliphatic carbocycles. The number of carbonyl (C=O) groups is 1. The van der Waals surface area contributed by atoms with Gasteiger partial charge in [-0.05, 0) is 18.2 Å². The zero-order valence-electron chi connectivity index (χ0n) is 7.94. The van der Waals surface area contributed by atoms with Crippen LogP contribution < -0.4 is 7.80 Å². The van der Waals surface area contributed by atoms with E-state index in [-0.39, 0.29) is 0 Å². The molecule has 0 bridgehead atoms. The van der Waals surface area contributed by atoms with Crippen molar-refractivity contribution in [2.24, 2.45) is 0 Å². The molecule has 0 unspecified atom stereocenters. The molecule has 4 nitrogen and oxygen atoms in total. The summed E-state index contributed by atoms with van der Waals surface area (Å²) in [5, 5.41) is 8.48. The van der Waals surface area contributed by atoms with E-state index in [0.29, 0.717) is 17.1 Å². The minimum atomic E-state index is -0.995. The summed E-state index contributed by atoms with van der Waals surface area (Å²) in [7, 11) is 1.55. The molecule has 1 aromatic carbocycles. The summed E-state index contributed by atoms with van der Waals surface area (Å²) in [6, 6.07) is 5.15. The lowest BCUT2D eigenvalue weighted by molar-refractivity contribution is -0.131.